The van der Waals surface area contributed by atoms with Gasteiger partial charge in [0.2, 0.25) is 0 Å². The monoisotopic (exact) mass is 326 g/mol. The molecule has 0 aliphatic rings. The van der Waals surface area contributed by atoms with Crippen LogP contribution in [-0.4, -0.2) is 27.7 Å². The van der Waals surface area contributed by atoms with Crippen molar-refractivity contribution in [2.75, 3.05) is 18.1 Å². The zero-order valence-electron chi connectivity index (χ0n) is 12.9. The number of fused-ring (bicyclic) bond motifs is 1. The van der Waals surface area contributed by atoms with Gasteiger partial charge in [-0.3, -0.25) is 0 Å². The minimum atomic E-state index is 0.370. The van der Waals surface area contributed by atoms with E-state index in [-0.39, 0.29) is 0 Å². The molecule has 0 aliphatic heterocycles. The van der Waals surface area contributed by atoms with E-state index in [4.69, 9.17) is 21.3 Å². The van der Waals surface area contributed by atoms with E-state index in [1.165, 1.54) is 0 Å². The van der Waals surface area contributed by atoms with Gasteiger partial charge in [0, 0.05) is 11.8 Å². The minimum Gasteiger partial charge on any atom is -0.491 e. The molecule has 0 fully saturated rings. The fourth-order valence-electron chi connectivity index (χ4n) is 2.42. The molecule has 1 heterocycles. The van der Waals surface area contributed by atoms with Gasteiger partial charge >= 0.3 is 0 Å². The zero-order valence-corrected chi connectivity index (χ0v) is 14.5. The number of alkyl halides is 1. The molecule has 0 amide bonds. The van der Waals surface area contributed by atoms with Crippen LogP contribution in [0.1, 0.15) is 39.1 Å². The normalized spacial score (nSPS) is 12.8. The molecule has 0 saturated carbocycles. The summed E-state index contributed by atoms with van der Waals surface area (Å²) in [5.74, 6) is 4.38. The fraction of sp³-hybridized carbons (Fsp3) is 0.562. The van der Waals surface area contributed by atoms with Crippen LogP contribution in [0.5, 0.6) is 5.75 Å². The molecule has 0 saturated heterocycles. The molecule has 21 heavy (non-hydrogen) atoms. The molecule has 2 aromatic rings. The van der Waals surface area contributed by atoms with Crippen LogP contribution < -0.4 is 4.74 Å². The molecule has 0 N–H and O–H groups in total. The summed E-state index contributed by atoms with van der Waals surface area (Å²) in [5, 5.41) is 0. The number of nitrogens with zero attached hydrogens (tertiary/aromatic N) is 2. The summed E-state index contributed by atoms with van der Waals surface area (Å²) in [6.45, 7) is 7.22. The number of rotatable bonds is 8. The van der Waals surface area contributed by atoms with Crippen molar-refractivity contribution in [3.63, 3.8) is 0 Å². The molecule has 1 atom stereocenters. The van der Waals surface area contributed by atoms with Crippen LogP contribution in [0.15, 0.2) is 18.2 Å². The van der Waals surface area contributed by atoms with E-state index in [1.807, 2.05) is 23.9 Å². The van der Waals surface area contributed by atoms with Gasteiger partial charge in [0.15, 0.2) is 0 Å². The van der Waals surface area contributed by atoms with Crippen LogP contribution in [-0.2, 0) is 5.88 Å². The van der Waals surface area contributed by atoms with E-state index in [2.05, 4.69) is 31.4 Å². The summed E-state index contributed by atoms with van der Waals surface area (Å²) in [5.41, 5.74) is 2.04. The third-order valence-corrected chi connectivity index (χ3v) is 4.71. The molecule has 0 radical (unpaired) electrons. The van der Waals surface area contributed by atoms with Gasteiger partial charge in [0.05, 0.1) is 18.0 Å². The van der Waals surface area contributed by atoms with Crippen LogP contribution in [0.2, 0.25) is 0 Å². The first-order chi connectivity index (χ1) is 10.2. The van der Waals surface area contributed by atoms with Crippen LogP contribution in [0, 0.1) is 0 Å². The molecule has 1 aromatic carbocycles. The molecule has 2 rings (SSSR count). The molecule has 5 heteroatoms. The highest BCUT2D eigenvalue weighted by Crippen LogP contribution is 2.30. The Hall–Kier alpha value is -0.870. The zero-order chi connectivity index (χ0) is 15.2. The van der Waals surface area contributed by atoms with E-state index in [0.29, 0.717) is 18.5 Å². The quantitative estimate of drug-likeness (QED) is 0.647. The van der Waals surface area contributed by atoms with E-state index >= 15 is 0 Å². The maximum Gasteiger partial charge on any atom is 0.147 e. The number of hydrogen-bond acceptors (Lipinski definition) is 3. The Morgan fingerprint density at radius 3 is 2.86 bits per heavy atom. The lowest BCUT2D eigenvalue weighted by Crippen LogP contribution is -2.11. The number of ether oxygens (including phenoxy) is 1. The first kappa shape index (κ1) is 16.5. The highest BCUT2D eigenvalue weighted by atomic mass is 35.5. The lowest BCUT2D eigenvalue weighted by Gasteiger charge is -2.16. The molecule has 3 nitrogen and oxygen atoms in total. The van der Waals surface area contributed by atoms with Gasteiger partial charge in [0.1, 0.15) is 17.1 Å². The van der Waals surface area contributed by atoms with E-state index < -0.39 is 0 Å². The predicted molar refractivity (Wildman–Crippen MR) is 92.8 cm³/mol. The van der Waals surface area contributed by atoms with E-state index in [0.717, 1.165) is 40.5 Å². The summed E-state index contributed by atoms with van der Waals surface area (Å²) in [4.78, 5) is 4.71. The number of para-hydroxylation sites is 1. The largest absolute Gasteiger partial charge is 0.491 e. The lowest BCUT2D eigenvalue weighted by atomic mass is 10.2. The second-order valence-corrected chi connectivity index (χ2v) is 6.60. The summed E-state index contributed by atoms with van der Waals surface area (Å²) in [6.07, 6.45) is 0.989. The average Bonchev–Trinajstić information content (AvgIpc) is 2.89. The Bertz CT molecular complexity index is 585. The van der Waals surface area contributed by atoms with Crippen LogP contribution >= 0.6 is 23.4 Å². The van der Waals surface area contributed by atoms with Crippen molar-refractivity contribution in [1.82, 2.24) is 9.55 Å². The van der Waals surface area contributed by atoms with Gasteiger partial charge in [-0.1, -0.05) is 19.9 Å². The van der Waals surface area contributed by atoms with Crippen LogP contribution in [0.4, 0.5) is 0 Å². The van der Waals surface area contributed by atoms with Crippen molar-refractivity contribution in [2.45, 2.75) is 39.1 Å². The summed E-state index contributed by atoms with van der Waals surface area (Å²) < 4.78 is 8.07. The third kappa shape index (κ3) is 3.67. The molecule has 0 spiro atoms. The number of aromatic nitrogens is 2. The first-order valence-corrected chi connectivity index (χ1v) is 9.18. The molecule has 0 aliphatic carbocycles. The number of hydrogen-bond donors (Lipinski definition) is 0. The molecule has 0 bridgehead atoms. The van der Waals surface area contributed by atoms with E-state index in [1.54, 1.807) is 0 Å². The van der Waals surface area contributed by atoms with Crippen molar-refractivity contribution in [1.29, 1.82) is 0 Å². The van der Waals surface area contributed by atoms with Gasteiger partial charge in [-0.2, -0.15) is 11.8 Å². The Labute approximate surface area is 136 Å². The Kier molecular flexibility index (Phi) is 6.24. The van der Waals surface area contributed by atoms with Crippen molar-refractivity contribution in [3.05, 3.63) is 24.0 Å². The molecular weight excluding hydrogens is 304 g/mol. The average molecular weight is 327 g/mol. The van der Waals surface area contributed by atoms with E-state index in [9.17, 15) is 0 Å². The van der Waals surface area contributed by atoms with Gasteiger partial charge in [-0.15, -0.1) is 11.6 Å². The topological polar surface area (TPSA) is 27.1 Å². The van der Waals surface area contributed by atoms with Crippen molar-refractivity contribution < 1.29 is 4.74 Å². The standard InChI is InChI=1S/C16H23ClN2OS/c1-4-9-20-14-8-6-7-13-16(14)18-15(10-17)19(13)12(3)11-21-5-2/h6-8,12H,4-5,9-11H2,1-3H3. The lowest BCUT2D eigenvalue weighted by molar-refractivity contribution is 0.320. The minimum absolute atomic E-state index is 0.370. The van der Waals surface area contributed by atoms with Gasteiger partial charge < -0.3 is 9.30 Å². The van der Waals surface area contributed by atoms with Crippen molar-refractivity contribution >= 4 is 34.4 Å². The van der Waals surface area contributed by atoms with Gasteiger partial charge in [0.25, 0.3) is 0 Å². The highest BCUT2D eigenvalue weighted by molar-refractivity contribution is 7.99. The number of imidazole rings is 1. The van der Waals surface area contributed by atoms with Crippen LogP contribution in [0.3, 0.4) is 0 Å². The maximum absolute atomic E-state index is 6.11. The Morgan fingerprint density at radius 2 is 2.19 bits per heavy atom. The van der Waals surface area contributed by atoms with Gasteiger partial charge in [-0.25, -0.2) is 4.98 Å². The molecule has 1 aromatic heterocycles. The highest BCUT2D eigenvalue weighted by Gasteiger charge is 2.17. The first-order valence-electron chi connectivity index (χ1n) is 7.49. The predicted octanol–water partition coefficient (Wildman–Crippen LogP) is 4.88. The number of thioether (sulfide) groups is 1. The molecule has 1 unspecified atom stereocenters. The Morgan fingerprint density at radius 1 is 1.38 bits per heavy atom. The summed E-state index contributed by atoms with van der Waals surface area (Å²) in [7, 11) is 0. The third-order valence-electron chi connectivity index (χ3n) is 3.34. The second kappa shape index (κ2) is 7.95. The van der Waals surface area contributed by atoms with Crippen molar-refractivity contribution in [2.24, 2.45) is 0 Å². The van der Waals surface area contributed by atoms with Gasteiger partial charge in [-0.05, 0) is 31.2 Å². The Balaban J connectivity index is 2.43. The second-order valence-electron chi connectivity index (χ2n) is 5.01. The smallest absolute Gasteiger partial charge is 0.147 e. The SMILES string of the molecule is CCCOc1cccc2c1nc(CCl)n2C(C)CSCC. The number of benzene rings is 1. The summed E-state index contributed by atoms with van der Waals surface area (Å²) >= 11 is 8.04. The number of halogens is 1. The summed E-state index contributed by atoms with van der Waals surface area (Å²) in [6, 6.07) is 6.49. The maximum atomic E-state index is 6.11. The molecular formula is C16H23ClN2OS. The molecule has 116 valence electrons. The van der Waals surface area contributed by atoms with Crippen molar-refractivity contribution in [3.8, 4) is 5.75 Å². The van der Waals surface area contributed by atoms with Crippen LogP contribution in [0.25, 0.3) is 11.0 Å². The fourth-order valence-corrected chi connectivity index (χ4v) is 3.33.